The van der Waals surface area contributed by atoms with Crippen molar-refractivity contribution in [3.63, 3.8) is 0 Å². The van der Waals surface area contributed by atoms with E-state index < -0.39 is 54.2 Å². The standard InChI is InChI=1S/C19H18F6N6O3/c1-7-15(31-34-30-7)18(33)26-6-13-28-11-4-3-9(14(22)16(11)29-13)10(5-12(20)21)17(32)27-8(2)19(23,24)25/h3-4,8,10,12H,5-6H2,1-2H3,(H,26,33)(H,27,32)(H,28,29)/t8-,10+/m1/s1. The van der Waals surface area contributed by atoms with Crippen LogP contribution in [-0.4, -0.2) is 50.7 Å². The Morgan fingerprint density at radius 1 is 1.21 bits per heavy atom. The summed E-state index contributed by atoms with van der Waals surface area (Å²) in [5.74, 6) is -5.01. The van der Waals surface area contributed by atoms with Crippen LogP contribution < -0.4 is 10.6 Å². The number of alkyl halides is 5. The van der Waals surface area contributed by atoms with E-state index in [4.69, 9.17) is 0 Å². The number of aromatic nitrogens is 4. The van der Waals surface area contributed by atoms with Crippen LogP contribution in [0, 0.1) is 12.7 Å². The molecule has 2 amide bonds. The summed E-state index contributed by atoms with van der Waals surface area (Å²) in [6.07, 6.45) is -9.10. The average Bonchev–Trinajstić information content (AvgIpc) is 3.36. The quantitative estimate of drug-likeness (QED) is 0.415. The summed E-state index contributed by atoms with van der Waals surface area (Å²) in [7, 11) is 0. The van der Waals surface area contributed by atoms with E-state index >= 15 is 4.39 Å². The number of hydrogen-bond acceptors (Lipinski definition) is 6. The van der Waals surface area contributed by atoms with E-state index in [1.807, 2.05) is 0 Å². The molecule has 2 atom stereocenters. The highest BCUT2D eigenvalue weighted by atomic mass is 19.4. The number of carbonyl (C=O) groups is 2. The molecule has 3 N–H and O–H groups in total. The Morgan fingerprint density at radius 2 is 1.91 bits per heavy atom. The number of halogens is 6. The molecule has 3 aromatic rings. The maximum absolute atomic E-state index is 15.1. The number of amides is 2. The van der Waals surface area contributed by atoms with Crippen LogP contribution in [0.2, 0.25) is 0 Å². The van der Waals surface area contributed by atoms with E-state index in [0.29, 0.717) is 6.92 Å². The predicted molar refractivity (Wildman–Crippen MR) is 103 cm³/mol. The number of carbonyl (C=O) groups excluding carboxylic acids is 2. The van der Waals surface area contributed by atoms with Crippen molar-refractivity contribution < 1.29 is 40.6 Å². The number of nitrogens with zero attached hydrogens (tertiary/aromatic N) is 3. The molecule has 34 heavy (non-hydrogen) atoms. The summed E-state index contributed by atoms with van der Waals surface area (Å²) in [4.78, 5) is 31.1. The number of rotatable bonds is 8. The highest BCUT2D eigenvalue weighted by Gasteiger charge is 2.39. The van der Waals surface area contributed by atoms with Crippen molar-refractivity contribution in [3.8, 4) is 0 Å². The molecular formula is C19H18F6N6O3. The Kier molecular flexibility index (Phi) is 7.12. The van der Waals surface area contributed by atoms with Crippen molar-refractivity contribution in [2.45, 2.75) is 51.4 Å². The summed E-state index contributed by atoms with van der Waals surface area (Å²) in [6.45, 7) is 1.92. The first-order valence-electron chi connectivity index (χ1n) is 9.78. The van der Waals surface area contributed by atoms with Gasteiger partial charge >= 0.3 is 6.18 Å². The summed E-state index contributed by atoms with van der Waals surface area (Å²) in [6, 6.07) is -0.0550. The number of aryl methyl sites for hydroxylation is 1. The summed E-state index contributed by atoms with van der Waals surface area (Å²) in [5.41, 5.74) is -0.591. The first-order valence-corrected chi connectivity index (χ1v) is 9.78. The van der Waals surface area contributed by atoms with Crippen LogP contribution in [0.25, 0.3) is 11.0 Å². The zero-order valence-electron chi connectivity index (χ0n) is 17.6. The Labute approximate surface area is 187 Å². The minimum Gasteiger partial charge on any atom is -0.344 e. The van der Waals surface area contributed by atoms with E-state index in [0.717, 1.165) is 6.07 Å². The fourth-order valence-electron chi connectivity index (χ4n) is 3.10. The number of nitrogens with one attached hydrogen (secondary N) is 3. The van der Waals surface area contributed by atoms with Gasteiger partial charge in [-0.1, -0.05) is 11.2 Å². The molecule has 9 nitrogen and oxygen atoms in total. The molecule has 0 fully saturated rings. The van der Waals surface area contributed by atoms with Crippen LogP contribution in [0.15, 0.2) is 16.8 Å². The van der Waals surface area contributed by atoms with Gasteiger partial charge in [0.05, 0.1) is 18.0 Å². The minimum atomic E-state index is -4.81. The van der Waals surface area contributed by atoms with Gasteiger partial charge in [0.25, 0.3) is 5.91 Å². The summed E-state index contributed by atoms with van der Waals surface area (Å²) in [5, 5.41) is 10.9. The van der Waals surface area contributed by atoms with Crippen molar-refractivity contribution in [1.29, 1.82) is 0 Å². The van der Waals surface area contributed by atoms with Crippen molar-refractivity contribution in [3.05, 3.63) is 40.7 Å². The van der Waals surface area contributed by atoms with E-state index in [2.05, 4.69) is 30.2 Å². The van der Waals surface area contributed by atoms with Gasteiger partial charge in [-0.2, -0.15) is 13.2 Å². The van der Waals surface area contributed by atoms with Crippen LogP contribution in [0.1, 0.15) is 46.8 Å². The molecule has 3 rings (SSSR count). The normalized spacial score (nSPS) is 13.8. The third-order valence-electron chi connectivity index (χ3n) is 4.91. The van der Waals surface area contributed by atoms with Crippen LogP contribution in [-0.2, 0) is 11.3 Å². The topological polar surface area (TPSA) is 126 Å². The van der Waals surface area contributed by atoms with Crippen molar-refractivity contribution in [2.24, 2.45) is 0 Å². The number of benzene rings is 1. The first kappa shape index (κ1) is 25.0. The van der Waals surface area contributed by atoms with Crippen molar-refractivity contribution >= 4 is 22.8 Å². The molecule has 2 heterocycles. The lowest BCUT2D eigenvalue weighted by Crippen LogP contribution is -2.45. The van der Waals surface area contributed by atoms with Crippen molar-refractivity contribution in [1.82, 2.24) is 30.9 Å². The molecule has 0 unspecified atom stereocenters. The minimum absolute atomic E-state index is 0.0708. The highest BCUT2D eigenvalue weighted by molar-refractivity contribution is 5.93. The monoisotopic (exact) mass is 492 g/mol. The van der Waals surface area contributed by atoms with Gasteiger partial charge in [-0.3, -0.25) is 9.59 Å². The Hall–Kier alpha value is -3.65. The van der Waals surface area contributed by atoms with Crippen LogP contribution >= 0.6 is 0 Å². The number of fused-ring (bicyclic) bond motifs is 1. The molecule has 0 spiro atoms. The molecule has 0 aliphatic rings. The average molecular weight is 492 g/mol. The first-order chi connectivity index (χ1) is 15.9. The zero-order chi connectivity index (χ0) is 25.2. The Bertz CT molecular complexity index is 1190. The summed E-state index contributed by atoms with van der Waals surface area (Å²) < 4.78 is 84.0. The lowest BCUT2D eigenvalue weighted by Gasteiger charge is -2.22. The van der Waals surface area contributed by atoms with Gasteiger partial charge in [0.1, 0.15) is 23.1 Å². The molecule has 184 valence electrons. The summed E-state index contributed by atoms with van der Waals surface area (Å²) >= 11 is 0. The third-order valence-corrected chi connectivity index (χ3v) is 4.91. The third kappa shape index (κ3) is 5.46. The van der Waals surface area contributed by atoms with E-state index in [9.17, 15) is 31.5 Å². The second kappa shape index (κ2) is 9.69. The van der Waals surface area contributed by atoms with Crippen LogP contribution in [0.4, 0.5) is 26.3 Å². The van der Waals surface area contributed by atoms with Crippen molar-refractivity contribution in [2.75, 3.05) is 0 Å². The van der Waals surface area contributed by atoms with Crippen LogP contribution in [0.3, 0.4) is 0 Å². The number of imidazole rings is 1. The van der Waals surface area contributed by atoms with E-state index in [-0.39, 0.29) is 34.8 Å². The lowest BCUT2D eigenvalue weighted by molar-refractivity contribution is -0.158. The molecule has 0 saturated heterocycles. The molecule has 0 bridgehead atoms. The zero-order valence-corrected chi connectivity index (χ0v) is 17.6. The molecule has 0 aliphatic heterocycles. The molecule has 0 radical (unpaired) electrons. The van der Waals surface area contributed by atoms with Gasteiger partial charge in [0, 0.05) is 12.0 Å². The number of hydrogen-bond donors (Lipinski definition) is 3. The highest BCUT2D eigenvalue weighted by Crippen LogP contribution is 2.31. The van der Waals surface area contributed by atoms with E-state index in [1.165, 1.54) is 13.0 Å². The molecule has 0 aliphatic carbocycles. The van der Waals surface area contributed by atoms with Gasteiger partial charge < -0.3 is 15.6 Å². The maximum Gasteiger partial charge on any atom is 0.408 e. The van der Waals surface area contributed by atoms with Gasteiger partial charge in [0.15, 0.2) is 11.5 Å². The fourth-order valence-corrected chi connectivity index (χ4v) is 3.10. The second-order valence-electron chi connectivity index (χ2n) is 7.38. The second-order valence-corrected chi connectivity index (χ2v) is 7.38. The van der Waals surface area contributed by atoms with Gasteiger partial charge in [0.2, 0.25) is 12.3 Å². The Balaban J connectivity index is 1.84. The van der Waals surface area contributed by atoms with Crippen LogP contribution in [0.5, 0.6) is 0 Å². The molecule has 0 saturated carbocycles. The fraction of sp³-hybridized carbons (Fsp3) is 0.421. The van der Waals surface area contributed by atoms with Gasteiger partial charge in [-0.05, 0) is 25.1 Å². The molecule has 2 aromatic heterocycles. The predicted octanol–water partition coefficient (Wildman–Crippen LogP) is 3.13. The number of aromatic amines is 1. The molecular weight excluding hydrogens is 474 g/mol. The molecule has 15 heteroatoms. The maximum atomic E-state index is 15.1. The number of H-pyrrole nitrogens is 1. The van der Waals surface area contributed by atoms with E-state index in [1.54, 1.807) is 5.32 Å². The Morgan fingerprint density at radius 3 is 2.50 bits per heavy atom. The van der Waals surface area contributed by atoms with Gasteiger partial charge in [-0.15, -0.1) is 0 Å². The largest absolute Gasteiger partial charge is 0.408 e. The smallest absolute Gasteiger partial charge is 0.344 e. The lowest BCUT2D eigenvalue weighted by atomic mass is 9.93. The molecule has 1 aromatic carbocycles. The SMILES string of the molecule is Cc1nonc1C(=O)NCc1nc2c(F)c([C@H](CC(F)F)C(=O)N[C@H](C)C(F)(F)F)ccc2[nH]1. The van der Waals surface area contributed by atoms with Gasteiger partial charge in [-0.25, -0.2) is 22.8 Å².